The molecule has 0 atom stereocenters. The minimum atomic E-state index is 0.122. The third-order valence-corrected chi connectivity index (χ3v) is 5.08. The van der Waals surface area contributed by atoms with E-state index in [0.29, 0.717) is 12.8 Å². The fourth-order valence-electron chi connectivity index (χ4n) is 2.86. The minimum Gasteiger partial charge on any atom is -0.326 e. The van der Waals surface area contributed by atoms with Gasteiger partial charge in [0.05, 0.1) is 39.5 Å². The normalized spacial score (nSPS) is 13.6. The second-order valence-corrected chi connectivity index (χ2v) is 7.30. The summed E-state index contributed by atoms with van der Waals surface area (Å²) in [4.78, 5) is 24.4. The molecule has 0 radical (unpaired) electrons. The third kappa shape index (κ3) is 7.85. The molecule has 0 aromatic heterocycles. The Labute approximate surface area is 168 Å². The molecule has 0 saturated carbocycles. The van der Waals surface area contributed by atoms with Gasteiger partial charge in [-0.1, -0.05) is 72.8 Å². The van der Waals surface area contributed by atoms with Gasteiger partial charge in [-0.2, -0.15) is 0 Å². The van der Waals surface area contributed by atoms with Gasteiger partial charge in [0.2, 0.25) is 0 Å². The molecule has 0 heterocycles. The highest BCUT2D eigenvalue weighted by molar-refractivity contribution is 5.94. The van der Waals surface area contributed by atoms with Gasteiger partial charge in [0.1, 0.15) is 0 Å². The molecule has 0 unspecified atom stereocenters. The quantitative estimate of drug-likeness (QED) is 0.417. The Morgan fingerprint density at radius 3 is 1.50 bits per heavy atom. The zero-order chi connectivity index (χ0) is 20.2. The summed E-state index contributed by atoms with van der Waals surface area (Å²) >= 11 is 0. The third-order valence-electron chi connectivity index (χ3n) is 5.08. The highest BCUT2D eigenvalue weighted by atomic mass is 16.1. The highest BCUT2D eigenvalue weighted by Gasteiger charge is 2.20. The first-order chi connectivity index (χ1) is 13.5. The van der Waals surface area contributed by atoms with E-state index >= 15 is 0 Å². The van der Waals surface area contributed by atoms with Gasteiger partial charge in [0.15, 0.2) is 11.6 Å². The fraction of sp³-hybridized carbons (Fsp3) is 0.280. The summed E-state index contributed by atoms with van der Waals surface area (Å²) in [5.41, 5.74) is 2.05. The number of carbonyl (C=O) groups excluding carboxylic acids is 2. The second-order valence-electron chi connectivity index (χ2n) is 7.30. The Morgan fingerprint density at radius 1 is 0.750 bits per heavy atom. The minimum absolute atomic E-state index is 0.122. The SMILES string of the molecule is CC[N+](C)(CCC(=O)C=Cc1ccccc1)CCC(=O)C=Cc1ccccc1. The molecule has 0 saturated heterocycles. The number of ketones is 2. The average molecular weight is 377 g/mol. The van der Waals surface area contributed by atoms with Gasteiger partial charge in [0.25, 0.3) is 0 Å². The van der Waals surface area contributed by atoms with E-state index in [4.69, 9.17) is 0 Å². The molecule has 0 aliphatic rings. The van der Waals surface area contributed by atoms with Crippen LogP contribution in [0.1, 0.15) is 30.9 Å². The van der Waals surface area contributed by atoms with Gasteiger partial charge in [-0.3, -0.25) is 9.59 Å². The first kappa shape index (κ1) is 21.5. The Balaban J connectivity index is 1.80. The zero-order valence-electron chi connectivity index (χ0n) is 16.9. The molecule has 3 heteroatoms. The molecule has 0 fully saturated rings. The molecule has 0 aliphatic carbocycles. The first-order valence-electron chi connectivity index (χ1n) is 9.86. The Hall–Kier alpha value is -2.78. The van der Waals surface area contributed by atoms with Crippen molar-refractivity contribution in [2.45, 2.75) is 19.8 Å². The average Bonchev–Trinajstić information content (AvgIpc) is 2.75. The topological polar surface area (TPSA) is 34.1 Å². The van der Waals surface area contributed by atoms with Crippen molar-refractivity contribution < 1.29 is 14.1 Å². The van der Waals surface area contributed by atoms with Gasteiger partial charge >= 0.3 is 0 Å². The van der Waals surface area contributed by atoms with E-state index in [-0.39, 0.29) is 11.6 Å². The Kier molecular flexibility index (Phi) is 8.57. The van der Waals surface area contributed by atoms with E-state index in [9.17, 15) is 9.59 Å². The number of hydrogen-bond donors (Lipinski definition) is 0. The predicted octanol–water partition coefficient (Wildman–Crippen LogP) is 4.80. The van der Waals surface area contributed by atoms with E-state index in [1.807, 2.05) is 72.8 Å². The van der Waals surface area contributed by atoms with E-state index in [1.165, 1.54) is 0 Å². The van der Waals surface area contributed by atoms with Gasteiger partial charge in [0, 0.05) is 0 Å². The van der Waals surface area contributed by atoms with Crippen molar-refractivity contribution in [1.29, 1.82) is 0 Å². The van der Waals surface area contributed by atoms with Crippen LogP contribution in [-0.2, 0) is 9.59 Å². The lowest BCUT2D eigenvalue weighted by Crippen LogP contribution is -2.46. The van der Waals surface area contributed by atoms with Crippen LogP contribution in [-0.4, -0.2) is 42.7 Å². The maximum Gasteiger partial charge on any atom is 0.161 e. The summed E-state index contributed by atoms with van der Waals surface area (Å²) in [7, 11) is 2.11. The molecule has 3 nitrogen and oxygen atoms in total. The molecule has 0 amide bonds. The number of rotatable bonds is 11. The van der Waals surface area contributed by atoms with Crippen molar-refractivity contribution in [3.8, 4) is 0 Å². The molecule has 28 heavy (non-hydrogen) atoms. The van der Waals surface area contributed by atoms with Crippen LogP contribution in [0.5, 0.6) is 0 Å². The van der Waals surface area contributed by atoms with E-state index in [0.717, 1.165) is 35.2 Å². The number of hydrogen-bond acceptors (Lipinski definition) is 2. The number of allylic oxidation sites excluding steroid dienone is 2. The largest absolute Gasteiger partial charge is 0.326 e. The molecule has 146 valence electrons. The maximum absolute atomic E-state index is 12.2. The smallest absolute Gasteiger partial charge is 0.161 e. The van der Waals surface area contributed by atoms with E-state index in [1.54, 1.807) is 12.2 Å². The molecule has 0 N–H and O–H groups in total. The van der Waals surface area contributed by atoms with Crippen molar-refractivity contribution in [1.82, 2.24) is 0 Å². The molecule has 2 aromatic rings. The van der Waals surface area contributed by atoms with Crippen LogP contribution in [0, 0.1) is 0 Å². The molecule has 0 bridgehead atoms. The van der Waals surface area contributed by atoms with Gasteiger partial charge in [-0.25, -0.2) is 0 Å². The van der Waals surface area contributed by atoms with Crippen molar-refractivity contribution in [3.05, 3.63) is 83.9 Å². The van der Waals surface area contributed by atoms with Crippen molar-refractivity contribution in [3.63, 3.8) is 0 Å². The lowest BCUT2D eigenvalue weighted by atomic mass is 10.1. The standard InChI is InChI=1S/C25H30NO2/c1-3-26(2,20-18-24(27)16-14-22-10-6-4-7-11-22)21-19-25(28)17-15-23-12-8-5-9-13-23/h4-17H,3,18-21H2,1-2H3/q+1. The van der Waals surface area contributed by atoms with Crippen LogP contribution >= 0.6 is 0 Å². The van der Waals surface area contributed by atoms with Crippen LogP contribution < -0.4 is 0 Å². The van der Waals surface area contributed by atoms with Gasteiger partial charge in [-0.15, -0.1) is 0 Å². The van der Waals surface area contributed by atoms with Crippen LogP contribution in [0.15, 0.2) is 72.8 Å². The molecule has 0 spiro atoms. The second kappa shape index (κ2) is 11.2. The van der Waals surface area contributed by atoms with Crippen LogP contribution in [0.4, 0.5) is 0 Å². The Bertz CT molecular complexity index is 741. The van der Waals surface area contributed by atoms with Gasteiger partial charge in [-0.05, 0) is 30.2 Å². The number of nitrogens with zero attached hydrogens (tertiary/aromatic N) is 1. The molecule has 2 aromatic carbocycles. The van der Waals surface area contributed by atoms with E-state index in [2.05, 4.69) is 14.0 Å². The molecular formula is C25H30NO2+. The monoisotopic (exact) mass is 376 g/mol. The number of benzene rings is 2. The summed E-state index contributed by atoms with van der Waals surface area (Å²) in [6.07, 6.45) is 8.00. The maximum atomic E-state index is 12.2. The molecule has 2 rings (SSSR count). The lowest BCUT2D eigenvalue weighted by molar-refractivity contribution is -0.906. The number of quaternary nitrogens is 1. The van der Waals surface area contributed by atoms with Crippen LogP contribution in [0.25, 0.3) is 12.2 Å². The van der Waals surface area contributed by atoms with Crippen molar-refractivity contribution >= 4 is 23.7 Å². The van der Waals surface area contributed by atoms with Crippen molar-refractivity contribution in [2.24, 2.45) is 0 Å². The van der Waals surface area contributed by atoms with Gasteiger partial charge < -0.3 is 4.48 Å². The first-order valence-corrected chi connectivity index (χ1v) is 9.86. The highest BCUT2D eigenvalue weighted by Crippen LogP contribution is 2.09. The molecule has 0 aliphatic heterocycles. The van der Waals surface area contributed by atoms with Crippen LogP contribution in [0.3, 0.4) is 0 Å². The summed E-state index contributed by atoms with van der Waals surface area (Å²) in [6.45, 7) is 4.48. The zero-order valence-corrected chi connectivity index (χ0v) is 16.9. The summed E-state index contributed by atoms with van der Waals surface area (Å²) in [6, 6.07) is 19.7. The van der Waals surface area contributed by atoms with Crippen LogP contribution in [0.2, 0.25) is 0 Å². The summed E-state index contributed by atoms with van der Waals surface area (Å²) in [5, 5.41) is 0. The lowest BCUT2D eigenvalue weighted by Gasteiger charge is -2.32. The van der Waals surface area contributed by atoms with Crippen molar-refractivity contribution in [2.75, 3.05) is 26.7 Å². The summed E-state index contributed by atoms with van der Waals surface area (Å²) in [5.74, 6) is 0.244. The molecular weight excluding hydrogens is 346 g/mol. The predicted molar refractivity (Wildman–Crippen MR) is 117 cm³/mol. The Morgan fingerprint density at radius 2 is 1.14 bits per heavy atom. The van der Waals surface area contributed by atoms with E-state index < -0.39 is 0 Å². The summed E-state index contributed by atoms with van der Waals surface area (Å²) < 4.78 is 0.718. The number of carbonyl (C=O) groups is 2. The fourth-order valence-corrected chi connectivity index (χ4v) is 2.86.